The quantitative estimate of drug-likeness (QED) is 0.500. The fraction of sp³-hybridized carbons (Fsp3) is 0.353. The van der Waals surface area contributed by atoms with Gasteiger partial charge in [0.25, 0.3) is 0 Å². The van der Waals surface area contributed by atoms with Crippen LogP contribution in [-0.4, -0.2) is 17.0 Å². The fourth-order valence-corrected chi connectivity index (χ4v) is 2.42. The van der Waals surface area contributed by atoms with Gasteiger partial charge in [-0.25, -0.2) is 0 Å². The van der Waals surface area contributed by atoms with E-state index in [1.165, 1.54) is 13.0 Å². The van der Waals surface area contributed by atoms with Crippen molar-refractivity contribution in [1.82, 2.24) is 0 Å². The van der Waals surface area contributed by atoms with Crippen LogP contribution in [0.15, 0.2) is 27.4 Å². The molecule has 0 saturated heterocycles. The molecule has 0 saturated carbocycles. The van der Waals surface area contributed by atoms with Gasteiger partial charge in [-0.3, -0.25) is 14.4 Å². The highest BCUT2D eigenvalue weighted by Crippen LogP contribution is 2.22. The number of unbranched alkanes of at least 4 members (excludes halogenated alkanes) is 1. The maximum absolute atomic E-state index is 12.5. The van der Waals surface area contributed by atoms with Gasteiger partial charge in [-0.15, -0.1) is 0 Å². The zero-order valence-electron chi connectivity index (χ0n) is 13.0. The van der Waals surface area contributed by atoms with E-state index >= 15 is 0 Å². The van der Waals surface area contributed by atoms with Crippen molar-refractivity contribution in [3.8, 4) is 5.75 Å². The van der Waals surface area contributed by atoms with E-state index in [0.717, 1.165) is 0 Å². The lowest BCUT2D eigenvalue weighted by Crippen LogP contribution is -2.12. The van der Waals surface area contributed by atoms with Gasteiger partial charge < -0.3 is 14.3 Å². The number of fused-ring (bicyclic) bond motifs is 1. The lowest BCUT2D eigenvalue weighted by atomic mass is 10.0. The molecule has 1 aromatic carbocycles. The zero-order valence-corrected chi connectivity index (χ0v) is 13.0. The molecule has 6 heteroatoms. The maximum atomic E-state index is 12.5. The molecule has 0 aliphatic rings. The van der Waals surface area contributed by atoms with Gasteiger partial charge in [0.05, 0.1) is 5.39 Å². The number of hydrogen-bond donors (Lipinski definition) is 1. The third-order valence-electron chi connectivity index (χ3n) is 3.49. The minimum atomic E-state index is -0.842. The Morgan fingerprint density at radius 3 is 2.65 bits per heavy atom. The lowest BCUT2D eigenvalue weighted by molar-refractivity contribution is -0.137. The van der Waals surface area contributed by atoms with Gasteiger partial charge in [-0.1, -0.05) is 0 Å². The highest BCUT2D eigenvalue weighted by molar-refractivity contribution is 5.80. The number of benzene rings is 1. The van der Waals surface area contributed by atoms with E-state index in [4.69, 9.17) is 14.3 Å². The van der Waals surface area contributed by atoms with Crippen molar-refractivity contribution in [2.45, 2.75) is 39.5 Å². The third kappa shape index (κ3) is 4.18. The third-order valence-corrected chi connectivity index (χ3v) is 3.49. The van der Waals surface area contributed by atoms with Crippen LogP contribution in [0.5, 0.6) is 5.75 Å². The van der Waals surface area contributed by atoms with Crippen molar-refractivity contribution in [3.05, 3.63) is 39.7 Å². The highest BCUT2D eigenvalue weighted by Gasteiger charge is 2.13. The first-order valence-corrected chi connectivity index (χ1v) is 7.35. The van der Waals surface area contributed by atoms with Crippen molar-refractivity contribution in [3.63, 3.8) is 0 Å². The van der Waals surface area contributed by atoms with Gasteiger partial charge in [0.1, 0.15) is 17.1 Å². The van der Waals surface area contributed by atoms with Gasteiger partial charge in [-0.05, 0) is 38.3 Å². The van der Waals surface area contributed by atoms with Gasteiger partial charge in [-0.2, -0.15) is 0 Å². The first kappa shape index (κ1) is 16.7. The van der Waals surface area contributed by atoms with E-state index in [9.17, 15) is 14.4 Å². The van der Waals surface area contributed by atoms with Crippen LogP contribution in [0.1, 0.15) is 37.5 Å². The Balaban J connectivity index is 2.28. The van der Waals surface area contributed by atoms with Gasteiger partial charge >= 0.3 is 11.9 Å². The Morgan fingerprint density at radius 1 is 1.26 bits per heavy atom. The van der Waals surface area contributed by atoms with E-state index in [1.54, 1.807) is 19.1 Å². The molecule has 2 rings (SSSR count). The number of carbonyl (C=O) groups excluding carboxylic acids is 1. The second-order valence-corrected chi connectivity index (χ2v) is 5.32. The SMILES string of the molecule is CC(=O)Oc1ccc2c(=O)c(CCCCC(=O)O)c(C)oc2c1. The van der Waals surface area contributed by atoms with Crippen molar-refractivity contribution in [2.75, 3.05) is 0 Å². The molecule has 23 heavy (non-hydrogen) atoms. The molecule has 1 heterocycles. The van der Waals surface area contributed by atoms with E-state index in [0.29, 0.717) is 47.3 Å². The van der Waals surface area contributed by atoms with Crippen LogP contribution in [-0.2, 0) is 16.0 Å². The normalized spacial score (nSPS) is 10.7. The number of aliphatic carboxylic acids is 1. The van der Waals surface area contributed by atoms with Crippen LogP contribution in [0.3, 0.4) is 0 Å². The van der Waals surface area contributed by atoms with Crippen molar-refractivity contribution in [2.24, 2.45) is 0 Å². The molecule has 0 bridgehead atoms. The van der Waals surface area contributed by atoms with Crippen LogP contribution < -0.4 is 10.2 Å². The van der Waals surface area contributed by atoms with Crippen LogP contribution in [0.2, 0.25) is 0 Å². The molecule has 6 nitrogen and oxygen atoms in total. The average Bonchev–Trinajstić information content (AvgIpc) is 2.45. The largest absolute Gasteiger partial charge is 0.481 e. The number of carboxylic acid groups (broad SMARTS) is 1. The van der Waals surface area contributed by atoms with Gasteiger partial charge in [0.2, 0.25) is 0 Å². The van der Waals surface area contributed by atoms with Crippen LogP contribution in [0.25, 0.3) is 11.0 Å². The second-order valence-electron chi connectivity index (χ2n) is 5.32. The van der Waals surface area contributed by atoms with Gasteiger partial charge in [0.15, 0.2) is 5.43 Å². The molecular formula is C17H18O6. The summed E-state index contributed by atoms with van der Waals surface area (Å²) in [4.78, 5) is 34.0. The number of aryl methyl sites for hydroxylation is 1. The number of hydrogen-bond acceptors (Lipinski definition) is 5. The molecule has 0 amide bonds. The molecule has 0 radical (unpaired) electrons. The standard InChI is InChI=1S/C17H18O6/c1-10-13(5-3-4-6-16(19)20)17(21)14-8-7-12(23-11(2)18)9-15(14)22-10/h7-9H,3-6H2,1-2H3,(H,19,20). The summed E-state index contributed by atoms with van der Waals surface area (Å²) in [6.45, 7) is 3.00. The minimum Gasteiger partial charge on any atom is -0.481 e. The number of carbonyl (C=O) groups is 2. The van der Waals surface area contributed by atoms with E-state index in [-0.39, 0.29) is 11.8 Å². The molecule has 122 valence electrons. The number of rotatable bonds is 6. The summed E-state index contributed by atoms with van der Waals surface area (Å²) in [6, 6.07) is 4.63. The van der Waals surface area contributed by atoms with Crippen molar-refractivity contribution in [1.29, 1.82) is 0 Å². The molecule has 0 atom stereocenters. The molecular weight excluding hydrogens is 300 g/mol. The number of ether oxygens (including phenoxy) is 1. The fourth-order valence-electron chi connectivity index (χ4n) is 2.42. The van der Waals surface area contributed by atoms with E-state index < -0.39 is 11.9 Å². The molecule has 1 aromatic heterocycles. The van der Waals surface area contributed by atoms with Crippen LogP contribution in [0.4, 0.5) is 0 Å². The number of carboxylic acids is 1. The number of esters is 1. The molecule has 0 spiro atoms. The maximum Gasteiger partial charge on any atom is 0.308 e. The lowest BCUT2D eigenvalue weighted by Gasteiger charge is -2.08. The Kier molecular flexibility index (Phi) is 5.16. The Bertz CT molecular complexity index is 803. The monoisotopic (exact) mass is 318 g/mol. The van der Waals surface area contributed by atoms with Crippen molar-refractivity contribution >= 4 is 22.9 Å². The summed E-state index contributed by atoms with van der Waals surface area (Å²) in [5, 5.41) is 9.05. The first-order chi connectivity index (χ1) is 10.9. The summed E-state index contributed by atoms with van der Waals surface area (Å²) in [5.74, 6) is -0.469. The molecule has 0 aliphatic carbocycles. The Labute approximate surface area is 132 Å². The zero-order chi connectivity index (χ0) is 17.0. The summed E-state index contributed by atoms with van der Waals surface area (Å²) in [5.41, 5.74) is 0.789. The van der Waals surface area contributed by atoms with Gasteiger partial charge in [0, 0.05) is 25.0 Å². The van der Waals surface area contributed by atoms with Crippen LogP contribution in [0, 0.1) is 6.92 Å². The molecule has 0 unspecified atom stereocenters. The summed E-state index contributed by atoms with van der Waals surface area (Å²) < 4.78 is 10.6. The summed E-state index contributed by atoms with van der Waals surface area (Å²) in [6.07, 6.45) is 1.68. The molecule has 0 fully saturated rings. The van der Waals surface area contributed by atoms with E-state index in [1.807, 2.05) is 0 Å². The molecule has 1 N–H and O–H groups in total. The summed E-state index contributed by atoms with van der Waals surface area (Å²) in [7, 11) is 0. The predicted molar refractivity (Wildman–Crippen MR) is 83.7 cm³/mol. The highest BCUT2D eigenvalue weighted by atomic mass is 16.5. The topological polar surface area (TPSA) is 93.8 Å². The first-order valence-electron chi connectivity index (χ1n) is 7.35. The molecule has 0 aliphatic heterocycles. The molecule has 2 aromatic rings. The minimum absolute atomic E-state index is 0.0870. The Hall–Kier alpha value is -2.63. The second kappa shape index (κ2) is 7.09. The smallest absolute Gasteiger partial charge is 0.308 e. The van der Waals surface area contributed by atoms with E-state index in [2.05, 4.69) is 0 Å². The summed E-state index contributed by atoms with van der Waals surface area (Å²) >= 11 is 0. The Morgan fingerprint density at radius 2 is 2.00 bits per heavy atom. The average molecular weight is 318 g/mol. The van der Waals surface area contributed by atoms with Crippen molar-refractivity contribution < 1.29 is 23.8 Å². The van der Waals surface area contributed by atoms with Crippen LogP contribution >= 0.6 is 0 Å². The predicted octanol–water partition coefficient (Wildman–Crippen LogP) is 2.82.